The van der Waals surface area contributed by atoms with Crippen LogP contribution in [-0.2, 0) is 16.0 Å². The van der Waals surface area contributed by atoms with Gasteiger partial charge in [-0.1, -0.05) is 170 Å². The van der Waals surface area contributed by atoms with Crippen LogP contribution in [0.5, 0.6) is 5.75 Å². The number of anilines is 4. The summed E-state index contributed by atoms with van der Waals surface area (Å²) in [6.07, 6.45) is 17.7. The first-order valence-corrected chi connectivity index (χ1v) is 24.6. The first kappa shape index (κ1) is 52.2. The van der Waals surface area contributed by atoms with Crippen LogP contribution >= 0.6 is 46.4 Å². The Morgan fingerprint density at radius 2 is 1.32 bits per heavy atom. The fourth-order valence-electron chi connectivity index (χ4n) is 7.22. The van der Waals surface area contributed by atoms with Crippen LogP contribution in [0.25, 0.3) is 5.69 Å². The van der Waals surface area contributed by atoms with Crippen LogP contribution in [-0.4, -0.2) is 27.7 Å². The molecular formula is C51H63Cl4N7O4. The topological polar surface area (TPSA) is 142 Å². The molecule has 1 atom stereocenters. The Morgan fingerprint density at radius 3 is 1.92 bits per heavy atom. The van der Waals surface area contributed by atoms with Gasteiger partial charge in [0.05, 0.1) is 26.4 Å². The molecule has 15 heteroatoms. The highest BCUT2D eigenvalue weighted by molar-refractivity contribution is 6.40. The molecule has 1 heterocycles. The number of nitrogens with one attached hydrogen (secondary N) is 4. The van der Waals surface area contributed by atoms with Gasteiger partial charge in [0.25, 0.3) is 5.91 Å². The third-order valence-corrected chi connectivity index (χ3v) is 12.2. The summed E-state index contributed by atoms with van der Waals surface area (Å²) in [6.45, 7) is 9.63. The van der Waals surface area contributed by atoms with Crippen molar-refractivity contribution in [2.24, 2.45) is 15.6 Å². The van der Waals surface area contributed by atoms with Gasteiger partial charge in [-0.3, -0.25) is 19.5 Å². The third kappa shape index (κ3) is 15.9. The summed E-state index contributed by atoms with van der Waals surface area (Å²) in [5, 5.41) is 21.4. The van der Waals surface area contributed by atoms with Crippen molar-refractivity contribution >= 4 is 92.5 Å². The zero-order chi connectivity index (χ0) is 47.6. The van der Waals surface area contributed by atoms with Crippen molar-refractivity contribution in [3.8, 4) is 11.4 Å². The minimum atomic E-state index is -0.765. The zero-order valence-corrected chi connectivity index (χ0v) is 41.7. The van der Waals surface area contributed by atoms with E-state index in [9.17, 15) is 14.4 Å². The van der Waals surface area contributed by atoms with Crippen molar-refractivity contribution in [3.05, 3.63) is 115 Å². The summed E-state index contributed by atoms with van der Waals surface area (Å²) < 4.78 is 7.36. The summed E-state index contributed by atoms with van der Waals surface area (Å²) in [5.41, 5.74) is 1.71. The minimum absolute atomic E-state index is 0.0960. The Labute approximate surface area is 409 Å². The lowest BCUT2D eigenvalue weighted by Gasteiger charge is -2.18. The molecule has 0 saturated heterocycles. The molecular weight excluding hydrogens is 916 g/mol. The van der Waals surface area contributed by atoms with Gasteiger partial charge in [-0.2, -0.15) is 5.11 Å². The fraction of sp³-hybridized carbons (Fsp3) is 0.431. The van der Waals surface area contributed by atoms with Crippen molar-refractivity contribution < 1.29 is 14.3 Å². The summed E-state index contributed by atoms with van der Waals surface area (Å²) in [5.74, 6) is 0.259. The summed E-state index contributed by atoms with van der Waals surface area (Å²) in [4.78, 5) is 40.2. The Morgan fingerprint density at radius 1 is 0.712 bits per heavy atom. The molecule has 11 nitrogen and oxygen atoms in total. The predicted octanol–water partition coefficient (Wildman–Crippen LogP) is 16.4. The standard InChI is InChI=1S/C51H63Cl4N7O4/c1-6-8-9-10-11-12-13-14-15-16-17-18-19-21-34-22-20-23-39(30-34)66-44(7-2)48(63)56-38-28-29-40(53)43(33-38)58-47-45(49(64)62(61-47)46-41(54)31-35(52)32-42(46)55)60-59-37-26-24-36(25-27-37)57-50(65)51(3,4)5/h20,22-33,44,58,61H,6-19,21H2,1-5H3,(H,56,63)(H,57,65). The van der Waals surface area contributed by atoms with E-state index in [1.807, 2.05) is 45.9 Å². The van der Waals surface area contributed by atoms with Gasteiger partial charge >= 0.3 is 5.56 Å². The molecule has 0 bridgehead atoms. The van der Waals surface area contributed by atoms with E-state index in [2.05, 4.69) is 44.3 Å². The molecule has 1 unspecified atom stereocenters. The highest BCUT2D eigenvalue weighted by atomic mass is 35.5. The molecule has 0 aliphatic heterocycles. The molecule has 354 valence electrons. The predicted molar refractivity (Wildman–Crippen MR) is 274 cm³/mol. The molecule has 0 spiro atoms. The number of amides is 2. The molecule has 1 aromatic heterocycles. The number of aryl methyl sites for hydroxylation is 1. The first-order chi connectivity index (χ1) is 31.7. The monoisotopic (exact) mass is 977 g/mol. The van der Waals surface area contributed by atoms with E-state index in [1.54, 1.807) is 42.5 Å². The van der Waals surface area contributed by atoms with Crippen molar-refractivity contribution in [2.45, 2.75) is 137 Å². The maximum Gasteiger partial charge on any atom is 0.301 e. The smallest absolute Gasteiger partial charge is 0.301 e. The van der Waals surface area contributed by atoms with Crippen LogP contribution in [0.15, 0.2) is 93.9 Å². The number of carbonyl (C=O) groups is 2. The van der Waals surface area contributed by atoms with Gasteiger partial charge in [0.2, 0.25) is 5.91 Å². The highest BCUT2D eigenvalue weighted by Gasteiger charge is 2.23. The number of azo groups is 1. The number of hydrogen-bond donors (Lipinski definition) is 4. The average Bonchev–Trinajstić information content (AvgIpc) is 3.57. The number of aromatic amines is 1. The van der Waals surface area contributed by atoms with E-state index < -0.39 is 17.1 Å². The number of hydrogen-bond acceptors (Lipinski definition) is 7. The Balaban J connectivity index is 1.24. The molecule has 0 saturated carbocycles. The molecule has 5 aromatic rings. The lowest BCUT2D eigenvalue weighted by atomic mass is 9.95. The SMILES string of the molecule is CCCCCCCCCCCCCCCc1cccc(OC(CC)C(=O)Nc2ccc(Cl)c(Nc3[nH]n(-c4c(Cl)cc(Cl)cc4Cl)c(=O)c3N=Nc3ccc(NC(=O)C(C)(C)C)cc3)c2)c1. The Bertz CT molecular complexity index is 2440. The zero-order valence-electron chi connectivity index (χ0n) is 38.7. The van der Waals surface area contributed by atoms with E-state index >= 15 is 0 Å². The second-order valence-corrected chi connectivity index (χ2v) is 19.3. The van der Waals surface area contributed by atoms with Crippen molar-refractivity contribution in [1.82, 2.24) is 9.78 Å². The number of aromatic nitrogens is 2. The van der Waals surface area contributed by atoms with Gasteiger partial charge in [-0.05, 0) is 91.6 Å². The molecule has 4 aromatic carbocycles. The normalized spacial score (nSPS) is 12.1. The second-order valence-electron chi connectivity index (χ2n) is 17.6. The van der Waals surface area contributed by atoms with Crippen LogP contribution in [0.2, 0.25) is 20.1 Å². The van der Waals surface area contributed by atoms with Gasteiger partial charge < -0.3 is 20.7 Å². The Kier molecular flexibility index (Phi) is 20.5. The second kappa shape index (κ2) is 25.9. The number of nitrogens with zero attached hydrogens (tertiary/aromatic N) is 3. The maximum absolute atomic E-state index is 14.0. The van der Waals surface area contributed by atoms with E-state index in [4.69, 9.17) is 51.1 Å². The molecule has 5 rings (SSSR count). The van der Waals surface area contributed by atoms with E-state index in [-0.39, 0.29) is 49.1 Å². The fourth-order valence-corrected chi connectivity index (χ4v) is 8.37. The molecule has 66 heavy (non-hydrogen) atoms. The van der Waals surface area contributed by atoms with Gasteiger partial charge in [0, 0.05) is 21.8 Å². The molecule has 0 aliphatic rings. The minimum Gasteiger partial charge on any atom is -0.481 e. The third-order valence-electron chi connectivity index (χ3n) is 11.0. The Hall–Kier alpha value is -4.81. The summed E-state index contributed by atoms with van der Waals surface area (Å²) in [7, 11) is 0. The van der Waals surface area contributed by atoms with E-state index in [0.717, 1.165) is 17.5 Å². The van der Waals surface area contributed by atoms with E-state index in [1.165, 1.54) is 94.7 Å². The molecule has 0 fully saturated rings. The first-order valence-electron chi connectivity index (χ1n) is 23.1. The van der Waals surface area contributed by atoms with Gasteiger partial charge in [0.15, 0.2) is 17.6 Å². The number of ether oxygens (including phenoxy) is 1. The van der Waals surface area contributed by atoms with Crippen LogP contribution in [0.1, 0.15) is 130 Å². The summed E-state index contributed by atoms with van der Waals surface area (Å²) >= 11 is 26.0. The largest absolute Gasteiger partial charge is 0.481 e. The lowest BCUT2D eigenvalue weighted by molar-refractivity contribution is -0.123. The number of benzene rings is 4. The quantitative estimate of drug-likeness (QED) is 0.0340. The molecule has 4 N–H and O–H groups in total. The van der Waals surface area contributed by atoms with Crippen LogP contribution in [0.3, 0.4) is 0 Å². The number of carbonyl (C=O) groups excluding carboxylic acids is 2. The number of rotatable bonds is 25. The number of H-pyrrole nitrogens is 1. The van der Waals surface area contributed by atoms with Crippen molar-refractivity contribution in [3.63, 3.8) is 0 Å². The molecule has 0 radical (unpaired) electrons. The highest BCUT2D eigenvalue weighted by Crippen LogP contribution is 2.36. The summed E-state index contributed by atoms with van der Waals surface area (Å²) in [6, 6.07) is 22.5. The van der Waals surface area contributed by atoms with Gasteiger partial charge in [-0.25, -0.2) is 4.68 Å². The van der Waals surface area contributed by atoms with Crippen LogP contribution < -0.4 is 26.2 Å². The van der Waals surface area contributed by atoms with Crippen molar-refractivity contribution in [2.75, 3.05) is 16.0 Å². The van der Waals surface area contributed by atoms with Crippen LogP contribution in [0.4, 0.5) is 34.3 Å². The lowest BCUT2D eigenvalue weighted by Crippen LogP contribution is -2.32. The number of halogens is 4. The molecule has 0 aliphatic carbocycles. The molecule has 2 amide bonds. The van der Waals surface area contributed by atoms with E-state index in [0.29, 0.717) is 34.9 Å². The van der Waals surface area contributed by atoms with Gasteiger partial charge in [0.1, 0.15) is 11.4 Å². The van der Waals surface area contributed by atoms with Crippen LogP contribution in [0, 0.1) is 5.41 Å². The number of unbranched alkanes of at least 4 members (excludes halogenated alkanes) is 12. The van der Waals surface area contributed by atoms with Crippen molar-refractivity contribution in [1.29, 1.82) is 0 Å². The average molecular weight is 980 g/mol. The van der Waals surface area contributed by atoms with Gasteiger partial charge in [-0.15, -0.1) is 5.11 Å². The maximum atomic E-state index is 14.0.